The summed E-state index contributed by atoms with van der Waals surface area (Å²) < 4.78 is 5.53. The van der Waals surface area contributed by atoms with Crippen LogP contribution in [-0.2, 0) is 26.2 Å². The summed E-state index contributed by atoms with van der Waals surface area (Å²) in [5.74, 6) is 1.11. The fourth-order valence-electron chi connectivity index (χ4n) is 9.62. The van der Waals surface area contributed by atoms with Gasteiger partial charge < -0.3 is 31.0 Å². The second kappa shape index (κ2) is 15.0. The zero-order chi connectivity index (χ0) is 33.1. The van der Waals surface area contributed by atoms with Crippen molar-refractivity contribution in [2.45, 2.75) is 112 Å². The van der Waals surface area contributed by atoms with Crippen molar-refractivity contribution in [2.75, 3.05) is 39.9 Å². The topological polar surface area (TPSA) is 128 Å². The van der Waals surface area contributed by atoms with Crippen molar-refractivity contribution in [1.82, 2.24) is 31.2 Å². The predicted molar refractivity (Wildman–Crippen MR) is 190 cm³/mol. The lowest BCUT2D eigenvalue weighted by Gasteiger charge is -2.60. The highest BCUT2D eigenvalue weighted by molar-refractivity contribution is 8.00. The Morgan fingerprint density at radius 1 is 1.02 bits per heavy atom. The van der Waals surface area contributed by atoms with E-state index in [1.807, 2.05) is 11.8 Å². The number of hydrogen-bond acceptors (Lipinski definition) is 6. The van der Waals surface area contributed by atoms with Gasteiger partial charge in [0.1, 0.15) is 0 Å². The summed E-state index contributed by atoms with van der Waals surface area (Å²) in [6.07, 6.45) is 12.7. The number of fused-ring (bicyclic) bond motifs is 4. The predicted octanol–water partition coefficient (Wildman–Crippen LogP) is 4.57. The monoisotopic (exact) mass is 678 g/mol. The van der Waals surface area contributed by atoms with Gasteiger partial charge >= 0.3 is 6.03 Å². The third-order valence-electron chi connectivity index (χ3n) is 12.0. The minimum absolute atomic E-state index is 0.0477. The van der Waals surface area contributed by atoms with Gasteiger partial charge in [0.2, 0.25) is 11.8 Å². The van der Waals surface area contributed by atoms with E-state index in [0.29, 0.717) is 36.7 Å². The Hall–Kier alpha value is -2.76. The number of aromatic amines is 1. The zero-order valence-corrected chi connectivity index (χ0v) is 29.3. The number of thioether (sulfide) groups is 1. The molecule has 10 nitrogen and oxygen atoms in total. The first kappa shape index (κ1) is 33.7. The normalized spacial score (nSPS) is 31.5. The molecule has 11 heteroatoms. The molecule has 3 unspecified atom stereocenters. The number of urea groups is 1. The van der Waals surface area contributed by atoms with E-state index in [4.69, 9.17) is 4.74 Å². The van der Waals surface area contributed by atoms with Crippen molar-refractivity contribution in [3.8, 4) is 0 Å². The first-order valence-electron chi connectivity index (χ1n) is 18.6. The molecule has 2 aromatic rings. The summed E-state index contributed by atoms with van der Waals surface area (Å²) >= 11 is 1.86. The molecule has 1 aromatic heterocycles. The number of unbranched alkanes of at least 4 members (excludes halogenated alkanes) is 4. The number of carbonyl (C=O) groups excluding carboxylic acids is 3. The number of piperidine rings is 2. The summed E-state index contributed by atoms with van der Waals surface area (Å²) in [7, 11) is 1.78. The third-order valence-corrected chi connectivity index (χ3v) is 13.5. The number of ether oxygens (including phenoxy) is 1. The van der Waals surface area contributed by atoms with Crippen molar-refractivity contribution < 1.29 is 19.1 Å². The number of benzene rings is 1. The molecule has 1 aromatic carbocycles. The van der Waals surface area contributed by atoms with E-state index in [1.54, 1.807) is 7.11 Å². The van der Waals surface area contributed by atoms with Gasteiger partial charge in [0.05, 0.1) is 16.8 Å². The van der Waals surface area contributed by atoms with Gasteiger partial charge in [-0.2, -0.15) is 0 Å². The number of H-pyrrole nitrogens is 1. The lowest BCUT2D eigenvalue weighted by molar-refractivity contribution is -0.142. The van der Waals surface area contributed by atoms with E-state index in [9.17, 15) is 14.4 Å². The fourth-order valence-corrected chi connectivity index (χ4v) is 11.2. The van der Waals surface area contributed by atoms with E-state index < -0.39 is 5.41 Å². The molecule has 5 fully saturated rings. The van der Waals surface area contributed by atoms with Crippen LogP contribution in [0.4, 0.5) is 4.79 Å². The van der Waals surface area contributed by atoms with Gasteiger partial charge in [0.15, 0.2) is 0 Å². The average molecular weight is 679 g/mol. The lowest BCUT2D eigenvalue weighted by Crippen LogP contribution is -2.68. The highest BCUT2D eigenvalue weighted by Gasteiger charge is 2.61. The van der Waals surface area contributed by atoms with Gasteiger partial charge in [0.25, 0.3) is 0 Å². The molecule has 5 N–H and O–H groups in total. The Bertz CT molecular complexity index is 1450. The smallest absolute Gasteiger partial charge is 0.316 e. The van der Waals surface area contributed by atoms with E-state index in [0.717, 1.165) is 102 Å². The summed E-state index contributed by atoms with van der Waals surface area (Å²) in [5, 5.41) is 14.5. The molecule has 4 amide bonds. The van der Waals surface area contributed by atoms with E-state index in [2.05, 4.69) is 55.4 Å². The molecule has 0 radical (unpaired) electrons. The van der Waals surface area contributed by atoms with Crippen LogP contribution in [0, 0.1) is 11.8 Å². The molecule has 262 valence electrons. The quantitative estimate of drug-likeness (QED) is 0.166. The van der Waals surface area contributed by atoms with Crippen molar-refractivity contribution in [3.05, 3.63) is 35.5 Å². The summed E-state index contributed by atoms with van der Waals surface area (Å²) in [6.45, 7) is 4.20. The Balaban J connectivity index is 0.848. The molecule has 1 aliphatic carbocycles. The number of carbonyl (C=O) groups is 3. The molecule has 8 atom stereocenters. The number of para-hydroxylation sites is 1. The zero-order valence-electron chi connectivity index (χ0n) is 28.5. The molecule has 7 heterocycles. The van der Waals surface area contributed by atoms with Crippen LogP contribution in [0.5, 0.6) is 0 Å². The molecule has 4 saturated heterocycles. The number of methoxy groups -OCH3 is 1. The van der Waals surface area contributed by atoms with Crippen LogP contribution in [-0.4, -0.2) is 90.3 Å². The Kier molecular flexibility index (Phi) is 10.5. The number of aromatic nitrogens is 1. The molecule has 1 saturated carbocycles. The molecule has 6 aliphatic heterocycles. The van der Waals surface area contributed by atoms with Crippen molar-refractivity contribution in [3.63, 3.8) is 0 Å². The van der Waals surface area contributed by atoms with Crippen LogP contribution in [0.2, 0.25) is 0 Å². The first-order valence-corrected chi connectivity index (χ1v) is 19.5. The minimum atomic E-state index is -0.527. The molecule has 48 heavy (non-hydrogen) atoms. The minimum Gasteiger partial charge on any atom is -0.385 e. The van der Waals surface area contributed by atoms with Crippen molar-refractivity contribution >= 4 is 40.5 Å². The summed E-state index contributed by atoms with van der Waals surface area (Å²) in [4.78, 5) is 44.7. The lowest BCUT2D eigenvalue weighted by atomic mass is 9.53. The Labute approximate surface area is 289 Å². The maximum absolute atomic E-state index is 14.5. The standard InChI is InChI=1S/C37H54N6O4S/c1-47-19-15-24-20-25-22-37(29(24)23-43(25)18-14-28-27-11-5-6-12-30(27)40-33(28)37)35(45)39-17-9-3-2-8-16-38-32(44)13-7-4-10-26-21-31-34(48-26)42-36(46)41-31/h5-6,11-12,24-26,29,31,34,40H,2-4,7-10,13-23H2,1H3,(H,38,44)(H,39,45)(H2,41,42,46)/t24-,25+,26+,29-,31?,34?,37-/m1/s1. The van der Waals surface area contributed by atoms with E-state index in [-0.39, 0.29) is 35.2 Å². The maximum Gasteiger partial charge on any atom is 0.316 e. The maximum atomic E-state index is 14.5. The first-order chi connectivity index (χ1) is 23.5. The molecule has 4 bridgehead atoms. The molecule has 9 rings (SSSR count). The number of rotatable bonds is 16. The van der Waals surface area contributed by atoms with Gasteiger partial charge in [-0.15, -0.1) is 11.8 Å². The molecular weight excluding hydrogens is 625 g/mol. The number of nitrogens with one attached hydrogen (secondary N) is 5. The highest BCUT2D eigenvalue weighted by atomic mass is 32.2. The molecule has 0 spiro atoms. The molecular formula is C37H54N6O4S. The Morgan fingerprint density at radius 2 is 1.85 bits per heavy atom. The largest absolute Gasteiger partial charge is 0.385 e. The fraction of sp³-hybridized carbons (Fsp3) is 0.703. The summed E-state index contributed by atoms with van der Waals surface area (Å²) in [5.41, 5.74) is 3.14. The van der Waals surface area contributed by atoms with E-state index >= 15 is 0 Å². The van der Waals surface area contributed by atoms with Gasteiger partial charge in [-0.05, 0) is 81.3 Å². The van der Waals surface area contributed by atoms with Crippen molar-refractivity contribution in [1.29, 1.82) is 0 Å². The second-order valence-corrected chi connectivity index (χ2v) is 16.3. The highest BCUT2D eigenvalue weighted by Crippen LogP contribution is 2.55. The van der Waals surface area contributed by atoms with Crippen LogP contribution < -0.4 is 21.3 Å². The number of hydrogen-bond donors (Lipinski definition) is 5. The van der Waals surface area contributed by atoms with Crippen LogP contribution in [0.15, 0.2) is 24.3 Å². The average Bonchev–Trinajstić information content (AvgIpc) is 3.75. The number of amides is 4. The van der Waals surface area contributed by atoms with Crippen LogP contribution in [0.1, 0.15) is 88.3 Å². The SMILES string of the molecule is COCC[C@@H]1C[C@H]2C[C@]3(C(=O)NCCCCCCNC(=O)CCCC[C@H]4CC5NC(=O)NC5S4)c4[nH]c5ccccc5c4CCN2C[C@H]13. The van der Waals surface area contributed by atoms with E-state index in [1.165, 1.54) is 16.6 Å². The van der Waals surface area contributed by atoms with Crippen LogP contribution >= 0.6 is 11.8 Å². The third kappa shape index (κ3) is 6.84. The van der Waals surface area contributed by atoms with Crippen LogP contribution in [0.3, 0.4) is 0 Å². The number of nitrogens with zero attached hydrogens (tertiary/aromatic N) is 1. The second-order valence-electron chi connectivity index (χ2n) is 14.9. The molecule has 7 aliphatic rings. The van der Waals surface area contributed by atoms with Crippen LogP contribution in [0.25, 0.3) is 10.9 Å². The van der Waals surface area contributed by atoms with Gasteiger partial charge in [-0.25, -0.2) is 4.79 Å². The summed E-state index contributed by atoms with van der Waals surface area (Å²) in [6, 6.07) is 9.22. The van der Waals surface area contributed by atoms with Gasteiger partial charge in [0, 0.05) is 74.2 Å². The van der Waals surface area contributed by atoms with Gasteiger partial charge in [-0.3, -0.25) is 14.5 Å². The van der Waals surface area contributed by atoms with Crippen molar-refractivity contribution in [2.24, 2.45) is 11.8 Å². The Morgan fingerprint density at radius 3 is 2.67 bits per heavy atom. The van der Waals surface area contributed by atoms with Gasteiger partial charge in [-0.1, -0.05) is 37.5 Å².